The zero-order chi connectivity index (χ0) is 13.9. The van der Waals surface area contributed by atoms with Crippen molar-refractivity contribution in [2.75, 3.05) is 13.7 Å². The summed E-state index contributed by atoms with van der Waals surface area (Å²) in [5, 5.41) is 14.1. The van der Waals surface area contributed by atoms with Gasteiger partial charge in [-0.05, 0) is 41.8 Å². The van der Waals surface area contributed by atoms with Crippen molar-refractivity contribution in [2.45, 2.75) is 18.6 Å². The summed E-state index contributed by atoms with van der Waals surface area (Å²) in [5.41, 5.74) is 3.42. The first-order valence-corrected chi connectivity index (χ1v) is 6.93. The third-order valence-corrected chi connectivity index (χ3v) is 3.92. The number of hydrogen-bond acceptors (Lipinski definition) is 3. The maximum Gasteiger partial charge on any atom is 0.118 e. The van der Waals surface area contributed by atoms with Crippen molar-refractivity contribution in [1.82, 2.24) is 5.32 Å². The van der Waals surface area contributed by atoms with E-state index in [4.69, 9.17) is 4.74 Å². The second-order valence-electron chi connectivity index (χ2n) is 5.10. The van der Waals surface area contributed by atoms with E-state index in [2.05, 4.69) is 23.5 Å². The van der Waals surface area contributed by atoms with Crippen molar-refractivity contribution in [3.63, 3.8) is 0 Å². The molecule has 3 rings (SSSR count). The fraction of sp³-hybridized carbons (Fsp3) is 0.294. The molecule has 0 radical (unpaired) electrons. The van der Waals surface area contributed by atoms with E-state index in [0.29, 0.717) is 0 Å². The Balaban J connectivity index is 1.89. The average molecular weight is 269 g/mol. The number of rotatable bonds is 3. The summed E-state index contributed by atoms with van der Waals surface area (Å²) in [6.45, 7) is 0.898. The second kappa shape index (κ2) is 5.65. The average Bonchev–Trinajstić information content (AvgIpc) is 2.54. The van der Waals surface area contributed by atoms with Crippen LogP contribution >= 0.6 is 0 Å². The zero-order valence-electron chi connectivity index (χ0n) is 11.5. The summed E-state index contributed by atoms with van der Waals surface area (Å²) in [7, 11) is 1.64. The molecule has 0 saturated carbocycles. The lowest BCUT2D eigenvalue weighted by Gasteiger charge is -2.31. The Bertz CT molecular complexity index is 580. The molecule has 3 nitrogen and oxygen atoms in total. The molecule has 0 saturated heterocycles. The molecule has 0 bridgehead atoms. The summed E-state index contributed by atoms with van der Waals surface area (Å²) in [4.78, 5) is 0. The Kier molecular flexibility index (Phi) is 3.72. The summed E-state index contributed by atoms with van der Waals surface area (Å²) >= 11 is 0. The molecular weight excluding hydrogens is 250 g/mol. The van der Waals surface area contributed by atoms with Crippen LogP contribution in [0.25, 0.3) is 0 Å². The molecular formula is C17H19NO2. The molecule has 0 fully saturated rings. The molecule has 3 heteroatoms. The first-order valence-electron chi connectivity index (χ1n) is 6.93. The SMILES string of the molecule is COc1ccc(C(O)C2NCCc3ccccc32)cc1. The minimum absolute atomic E-state index is 0.0478. The number of fused-ring (bicyclic) bond motifs is 1. The quantitative estimate of drug-likeness (QED) is 0.900. The standard InChI is InChI=1S/C17H19NO2/c1-20-14-8-6-13(7-9-14)17(19)16-15-5-3-2-4-12(15)10-11-18-16/h2-9,16-19H,10-11H2,1H3. The highest BCUT2D eigenvalue weighted by molar-refractivity contribution is 5.36. The molecule has 2 atom stereocenters. The fourth-order valence-corrected chi connectivity index (χ4v) is 2.81. The van der Waals surface area contributed by atoms with Crippen LogP contribution in [-0.4, -0.2) is 18.8 Å². The van der Waals surface area contributed by atoms with Crippen LogP contribution in [0.1, 0.15) is 28.8 Å². The number of benzene rings is 2. The summed E-state index contributed by atoms with van der Waals surface area (Å²) in [6, 6.07) is 15.9. The normalized spacial score (nSPS) is 19.2. The molecule has 2 aromatic rings. The van der Waals surface area contributed by atoms with Gasteiger partial charge in [0.1, 0.15) is 5.75 Å². The number of nitrogens with one attached hydrogen (secondary N) is 1. The lowest BCUT2D eigenvalue weighted by molar-refractivity contribution is 0.125. The van der Waals surface area contributed by atoms with E-state index in [1.807, 2.05) is 30.3 Å². The molecule has 0 spiro atoms. The highest BCUT2D eigenvalue weighted by atomic mass is 16.5. The minimum atomic E-state index is -0.553. The van der Waals surface area contributed by atoms with Gasteiger partial charge in [-0.15, -0.1) is 0 Å². The number of aliphatic hydroxyl groups is 1. The van der Waals surface area contributed by atoms with Crippen molar-refractivity contribution >= 4 is 0 Å². The predicted molar refractivity (Wildman–Crippen MR) is 78.8 cm³/mol. The van der Waals surface area contributed by atoms with E-state index >= 15 is 0 Å². The van der Waals surface area contributed by atoms with Gasteiger partial charge < -0.3 is 15.2 Å². The lowest BCUT2D eigenvalue weighted by Crippen LogP contribution is -2.33. The molecule has 104 valence electrons. The topological polar surface area (TPSA) is 41.5 Å². The Morgan fingerprint density at radius 2 is 1.90 bits per heavy atom. The smallest absolute Gasteiger partial charge is 0.118 e. The molecule has 1 heterocycles. The van der Waals surface area contributed by atoms with E-state index < -0.39 is 6.10 Å². The molecule has 1 aliphatic rings. The molecule has 2 unspecified atom stereocenters. The summed E-state index contributed by atoms with van der Waals surface area (Å²) in [6.07, 6.45) is 0.463. The van der Waals surface area contributed by atoms with Crippen molar-refractivity contribution < 1.29 is 9.84 Å². The summed E-state index contributed by atoms with van der Waals surface area (Å²) in [5.74, 6) is 0.804. The van der Waals surface area contributed by atoms with E-state index in [1.165, 1.54) is 11.1 Å². The first kappa shape index (κ1) is 13.2. The van der Waals surface area contributed by atoms with Gasteiger partial charge >= 0.3 is 0 Å². The van der Waals surface area contributed by atoms with E-state index in [-0.39, 0.29) is 6.04 Å². The number of ether oxygens (including phenoxy) is 1. The van der Waals surface area contributed by atoms with E-state index in [0.717, 1.165) is 24.3 Å². The van der Waals surface area contributed by atoms with Gasteiger partial charge in [0.2, 0.25) is 0 Å². The predicted octanol–water partition coefficient (Wildman–Crippen LogP) is 2.62. The Morgan fingerprint density at radius 3 is 2.65 bits per heavy atom. The molecule has 0 amide bonds. The molecule has 0 aromatic heterocycles. The van der Waals surface area contributed by atoms with Crippen LogP contribution in [0.4, 0.5) is 0 Å². The van der Waals surface area contributed by atoms with Gasteiger partial charge in [-0.25, -0.2) is 0 Å². The third-order valence-electron chi connectivity index (χ3n) is 3.92. The van der Waals surface area contributed by atoms with Crippen LogP contribution in [0.15, 0.2) is 48.5 Å². The molecule has 2 N–H and O–H groups in total. The molecule has 1 aliphatic heterocycles. The lowest BCUT2D eigenvalue weighted by atomic mass is 9.88. The van der Waals surface area contributed by atoms with Crippen LogP contribution < -0.4 is 10.1 Å². The zero-order valence-corrected chi connectivity index (χ0v) is 11.5. The van der Waals surface area contributed by atoms with Crippen molar-refractivity contribution in [3.8, 4) is 5.75 Å². The maximum absolute atomic E-state index is 10.7. The Hall–Kier alpha value is -1.84. The number of hydrogen-bond donors (Lipinski definition) is 2. The van der Waals surface area contributed by atoms with Crippen LogP contribution in [-0.2, 0) is 6.42 Å². The van der Waals surface area contributed by atoms with Crippen molar-refractivity contribution in [3.05, 3.63) is 65.2 Å². The van der Waals surface area contributed by atoms with Crippen LogP contribution in [0.5, 0.6) is 5.75 Å². The van der Waals surface area contributed by atoms with Crippen molar-refractivity contribution in [2.24, 2.45) is 0 Å². The monoisotopic (exact) mass is 269 g/mol. The van der Waals surface area contributed by atoms with Gasteiger partial charge in [0.25, 0.3) is 0 Å². The van der Waals surface area contributed by atoms with E-state index in [1.54, 1.807) is 7.11 Å². The van der Waals surface area contributed by atoms with Crippen LogP contribution in [0.2, 0.25) is 0 Å². The van der Waals surface area contributed by atoms with E-state index in [9.17, 15) is 5.11 Å². The van der Waals surface area contributed by atoms with Gasteiger partial charge in [0.15, 0.2) is 0 Å². The summed E-state index contributed by atoms with van der Waals surface area (Å²) < 4.78 is 5.15. The second-order valence-corrected chi connectivity index (χ2v) is 5.10. The van der Waals surface area contributed by atoms with Crippen molar-refractivity contribution in [1.29, 1.82) is 0 Å². The van der Waals surface area contributed by atoms with Gasteiger partial charge in [-0.2, -0.15) is 0 Å². The molecule has 20 heavy (non-hydrogen) atoms. The maximum atomic E-state index is 10.7. The van der Waals surface area contributed by atoms with Gasteiger partial charge in [-0.3, -0.25) is 0 Å². The highest BCUT2D eigenvalue weighted by Gasteiger charge is 2.26. The molecule has 0 aliphatic carbocycles. The Labute approximate surface area is 119 Å². The number of methoxy groups -OCH3 is 1. The largest absolute Gasteiger partial charge is 0.497 e. The number of aliphatic hydroxyl groups excluding tert-OH is 1. The highest BCUT2D eigenvalue weighted by Crippen LogP contribution is 2.33. The van der Waals surface area contributed by atoms with Crippen LogP contribution in [0, 0.1) is 0 Å². The van der Waals surface area contributed by atoms with Crippen LogP contribution in [0.3, 0.4) is 0 Å². The third kappa shape index (κ3) is 2.42. The van der Waals surface area contributed by atoms with Gasteiger partial charge in [-0.1, -0.05) is 36.4 Å². The van der Waals surface area contributed by atoms with Gasteiger partial charge in [0.05, 0.1) is 19.3 Å². The molecule has 2 aromatic carbocycles. The Morgan fingerprint density at radius 1 is 1.15 bits per heavy atom. The first-order chi connectivity index (χ1) is 9.79. The minimum Gasteiger partial charge on any atom is -0.497 e. The fourth-order valence-electron chi connectivity index (χ4n) is 2.81. The van der Waals surface area contributed by atoms with Gasteiger partial charge in [0, 0.05) is 0 Å².